The molecule has 0 bridgehead atoms. The van der Waals surface area contributed by atoms with Crippen molar-refractivity contribution >= 4 is 39.9 Å². The Kier molecular flexibility index (Phi) is 4.76. The quantitative estimate of drug-likeness (QED) is 0.556. The molecular formula is C19H17ClN2O3. The molecule has 3 rings (SSSR count). The lowest BCUT2D eigenvalue weighted by molar-refractivity contribution is 0.0476. The van der Waals surface area contributed by atoms with Crippen LogP contribution >= 0.6 is 11.6 Å². The van der Waals surface area contributed by atoms with Crippen molar-refractivity contribution in [2.45, 2.75) is 0 Å². The van der Waals surface area contributed by atoms with Gasteiger partial charge in [0.25, 0.3) is 0 Å². The number of para-hydroxylation sites is 1. The maximum Gasteiger partial charge on any atom is 0.340 e. The van der Waals surface area contributed by atoms with Crippen molar-refractivity contribution in [3.05, 3.63) is 64.8 Å². The van der Waals surface area contributed by atoms with Crippen LogP contribution in [0.3, 0.4) is 0 Å². The van der Waals surface area contributed by atoms with Gasteiger partial charge in [-0.1, -0.05) is 29.8 Å². The fourth-order valence-electron chi connectivity index (χ4n) is 2.75. The number of ketones is 1. The first-order chi connectivity index (χ1) is 12.0. The predicted octanol–water partition coefficient (Wildman–Crippen LogP) is 3.91. The molecule has 2 aromatic carbocycles. The number of hydrogen-bond acceptors (Lipinski definition) is 4. The fourth-order valence-corrected chi connectivity index (χ4v) is 2.92. The maximum atomic E-state index is 12.5. The summed E-state index contributed by atoms with van der Waals surface area (Å²) in [4.78, 5) is 24.8. The van der Waals surface area contributed by atoms with Crippen LogP contribution in [0.2, 0.25) is 5.02 Å². The third-order valence-corrected chi connectivity index (χ3v) is 4.24. The van der Waals surface area contributed by atoms with E-state index in [0.29, 0.717) is 21.8 Å². The number of anilines is 1. The van der Waals surface area contributed by atoms with Gasteiger partial charge in [-0.3, -0.25) is 4.79 Å². The summed E-state index contributed by atoms with van der Waals surface area (Å²) in [5, 5.41) is 4.24. The molecule has 0 saturated heterocycles. The molecule has 6 heteroatoms. The number of carbonyl (C=O) groups is 2. The average molecular weight is 357 g/mol. The van der Waals surface area contributed by atoms with E-state index in [1.54, 1.807) is 31.4 Å². The number of nitrogens with zero attached hydrogens (tertiary/aromatic N) is 1. The molecule has 1 N–H and O–H groups in total. The number of carbonyl (C=O) groups excluding carboxylic acids is 2. The van der Waals surface area contributed by atoms with Gasteiger partial charge in [0.15, 0.2) is 6.61 Å². The van der Waals surface area contributed by atoms with Crippen LogP contribution in [0.1, 0.15) is 20.7 Å². The molecule has 0 unspecified atom stereocenters. The first-order valence-corrected chi connectivity index (χ1v) is 8.10. The molecule has 5 nitrogen and oxygen atoms in total. The van der Waals surface area contributed by atoms with Gasteiger partial charge >= 0.3 is 5.97 Å². The number of halogens is 1. The summed E-state index contributed by atoms with van der Waals surface area (Å²) in [6, 6.07) is 12.4. The number of rotatable bonds is 5. The molecule has 128 valence electrons. The zero-order valence-electron chi connectivity index (χ0n) is 13.9. The summed E-state index contributed by atoms with van der Waals surface area (Å²) in [5.41, 5.74) is 2.37. The molecule has 0 fully saturated rings. The highest BCUT2D eigenvalue weighted by Crippen LogP contribution is 2.23. The van der Waals surface area contributed by atoms with Crippen molar-refractivity contribution in [1.82, 2.24) is 4.57 Å². The van der Waals surface area contributed by atoms with Crippen LogP contribution in [0.15, 0.2) is 48.7 Å². The van der Waals surface area contributed by atoms with Crippen molar-refractivity contribution in [1.29, 1.82) is 0 Å². The summed E-state index contributed by atoms with van der Waals surface area (Å²) in [5.74, 6) is -0.820. The zero-order valence-corrected chi connectivity index (χ0v) is 14.6. The van der Waals surface area contributed by atoms with E-state index >= 15 is 0 Å². The van der Waals surface area contributed by atoms with Gasteiger partial charge in [0.1, 0.15) is 0 Å². The molecule has 0 aliphatic rings. The molecule has 0 saturated carbocycles. The number of nitrogens with one attached hydrogen (secondary N) is 1. The van der Waals surface area contributed by atoms with Gasteiger partial charge in [-0.15, -0.1) is 0 Å². The Bertz CT molecular complexity index is 962. The van der Waals surface area contributed by atoms with Crippen molar-refractivity contribution in [2.75, 3.05) is 19.0 Å². The maximum absolute atomic E-state index is 12.5. The first-order valence-electron chi connectivity index (χ1n) is 7.73. The third kappa shape index (κ3) is 3.37. The van der Waals surface area contributed by atoms with Crippen LogP contribution in [0, 0.1) is 0 Å². The minimum atomic E-state index is -0.574. The number of aromatic nitrogens is 1. The standard InChI is InChI=1S/C19H17ClN2O3/c1-21-16-9-12(20)7-8-14(16)19(24)25-11-18(23)15-10-22(2)17-6-4-3-5-13(15)17/h3-10,21H,11H2,1-2H3. The highest BCUT2D eigenvalue weighted by atomic mass is 35.5. The summed E-state index contributed by atoms with van der Waals surface area (Å²) >= 11 is 5.92. The van der Waals surface area contributed by atoms with E-state index in [-0.39, 0.29) is 12.4 Å². The van der Waals surface area contributed by atoms with E-state index in [0.717, 1.165) is 10.9 Å². The summed E-state index contributed by atoms with van der Waals surface area (Å²) in [7, 11) is 3.56. The fraction of sp³-hybridized carbons (Fsp3) is 0.158. The molecule has 0 radical (unpaired) electrons. The SMILES string of the molecule is CNc1cc(Cl)ccc1C(=O)OCC(=O)c1cn(C)c2ccccc12. The Hall–Kier alpha value is -2.79. The minimum Gasteiger partial charge on any atom is -0.454 e. The summed E-state index contributed by atoms with van der Waals surface area (Å²) in [6.07, 6.45) is 1.75. The smallest absolute Gasteiger partial charge is 0.340 e. The number of benzene rings is 2. The summed E-state index contributed by atoms with van der Waals surface area (Å²) in [6.45, 7) is -0.321. The van der Waals surface area contributed by atoms with Gasteiger partial charge in [0.05, 0.1) is 5.56 Å². The van der Waals surface area contributed by atoms with Crippen molar-refractivity contribution in [2.24, 2.45) is 7.05 Å². The number of fused-ring (bicyclic) bond motifs is 1. The van der Waals surface area contributed by atoms with E-state index in [1.807, 2.05) is 35.9 Å². The van der Waals surface area contributed by atoms with Gasteiger partial charge in [-0.2, -0.15) is 0 Å². The Balaban J connectivity index is 1.77. The van der Waals surface area contributed by atoms with Gasteiger partial charge < -0.3 is 14.6 Å². The Morgan fingerprint density at radius 2 is 1.92 bits per heavy atom. The second kappa shape index (κ2) is 6.99. The highest BCUT2D eigenvalue weighted by molar-refractivity contribution is 6.31. The topological polar surface area (TPSA) is 60.3 Å². The van der Waals surface area contributed by atoms with E-state index in [9.17, 15) is 9.59 Å². The van der Waals surface area contributed by atoms with Crippen molar-refractivity contribution in [3.63, 3.8) is 0 Å². The lowest BCUT2D eigenvalue weighted by atomic mass is 10.1. The Morgan fingerprint density at radius 1 is 1.16 bits per heavy atom. The third-order valence-electron chi connectivity index (χ3n) is 4.00. The molecule has 0 spiro atoms. The number of aryl methyl sites for hydroxylation is 1. The molecule has 25 heavy (non-hydrogen) atoms. The largest absolute Gasteiger partial charge is 0.454 e. The molecule has 0 amide bonds. The van der Waals surface area contributed by atoms with Crippen LogP contribution in [-0.4, -0.2) is 30.0 Å². The number of hydrogen-bond donors (Lipinski definition) is 1. The molecule has 1 heterocycles. The second-order valence-corrected chi connectivity index (χ2v) is 6.05. The van der Waals surface area contributed by atoms with Gasteiger partial charge in [0.2, 0.25) is 5.78 Å². The van der Waals surface area contributed by atoms with Crippen molar-refractivity contribution < 1.29 is 14.3 Å². The highest BCUT2D eigenvalue weighted by Gasteiger charge is 2.18. The van der Waals surface area contributed by atoms with Crippen molar-refractivity contribution in [3.8, 4) is 0 Å². The molecule has 3 aromatic rings. The van der Waals surface area contributed by atoms with E-state index in [2.05, 4.69) is 5.32 Å². The van der Waals surface area contributed by atoms with Crippen LogP contribution in [0.5, 0.6) is 0 Å². The van der Waals surface area contributed by atoms with Crippen LogP contribution < -0.4 is 5.32 Å². The average Bonchev–Trinajstić information content (AvgIpc) is 2.96. The number of esters is 1. The lowest BCUT2D eigenvalue weighted by Crippen LogP contribution is -2.15. The van der Waals surface area contributed by atoms with Gasteiger partial charge in [-0.25, -0.2) is 4.79 Å². The zero-order chi connectivity index (χ0) is 18.0. The molecule has 0 atom stereocenters. The minimum absolute atomic E-state index is 0.245. The number of Topliss-reactive ketones (excluding diaryl/α,β-unsaturated/α-hetero) is 1. The normalized spacial score (nSPS) is 10.7. The molecule has 1 aromatic heterocycles. The van der Waals surface area contributed by atoms with Crippen LogP contribution in [0.25, 0.3) is 10.9 Å². The molecule has 0 aliphatic carbocycles. The van der Waals surface area contributed by atoms with Gasteiger partial charge in [0, 0.05) is 47.5 Å². The molecular weight excluding hydrogens is 340 g/mol. The summed E-state index contributed by atoms with van der Waals surface area (Å²) < 4.78 is 7.08. The monoisotopic (exact) mass is 356 g/mol. The van der Waals surface area contributed by atoms with E-state index in [1.165, 1.54) is 0 Å². The van der Waals surface area contributed by atoms with Gasteiger partial charge in [-0.05, 0) is 24.3 Å². The Morgan fingerprint density at radius 3 is 2.68 bits per heavy atom. The lowest BCUT2D eigenvalue weighted by Gasteiger charge is -2.09. The predicted molar refractivity (Wildman–Crippen MR) is 98.5 cm³/mol. The van der Waals surface area contributed by atoms with Crippen LogP contribution in [-0.2, 0) is 11.8 Å². The molecule has 0 aliphatic heterocycles. The first kappa shape index (κ1) is 17.0. The Labute approximate surface area is 150 Å². The number of ether oxygens (including phenoxy) is 1. The second-order valence-electron chi connectivity index (χ2n) is 5.61. The van der Waals surface area contributed by atoms with Crippen LogP contribution in [0.4, 0.5) is 5.69 Å². The van der Waals surface area contributed by atoms with E-state index in [4.69, 9.17) is 16.3 Å². The van der Waals surface area contributed by atoms with E-state index < -0.39 is 5.97 Å².